The van der Waals surface area contributed by atoms with E-state index in [9.17, 15) is 13.2 Å². The molecular weight excluding hydrogens is 1720 g/mol. The normalized spacial score (nSPS) is 8.67. The number of hydrogen-bond donors (Lipinski definition) is 0. The Bertz CT molecular complexity index is 2680. The average Bonchev–Trinajstić information content (AvgIpc) is 3.57. The summed E-state index contributed by atoms with van der Waals surface area (Å²) in [5.74, 6) is -0.535. The largest absolute Gasteiger partial charge is 0.207 e. The van der Waals surface area contributed by atoms with E-state index in [1.54, 1.807) is 54.6 Å². The predicted molar refractivity (Wildman–Crippen MR) is 420 cm³/mol. The third-order valence-electron chi connectivity index (χ3n) is 9.46. The van der Waals surface area contributed by atoms with Crippen LogP contribution < -0.4 is 0 Å². The maximum atomic E-state index is 11.9. The molecule has 13 aromatic rings. The van der Waals surface area contributed by atoms with Gasteiger partial charge in [-0.15, -0.1) is 0 Å². The summed E-state index contributed by atoms with van der Waals surface area (Å²) in [6.07, 6.45) is 0. The fourth-order valence-corrected chi connectivity index (χ4v) is 7.96. The van der Waals surface area contributed by atoms with Crippen molar-refractivity contribution in [3.8, 4) is 0 Å². The molecule has 0 fully saturated rings. The second-order valence-electron chi connectivity index (χ2n) is 16.7. The lowest BCUT2D eigenvalue weighted by molar-refractivity contribution is 0.627. The average molecular weight is 1790 g/mol. The van der Waals surface area contributed by atoms with Crippen molar-refractivity contribution in [1.29, 1.82) is 0 Å². The Morgan fingerprint density at radius 3 is 0.356 bits per heavy atom. The monoisotopic (exact) mass is 1780 g/mol. The molecule has 0 aromatic heterocycles. The molecule has 0 heterocycles. The van der Waals surface area contributed by atoms with Crippen LogP contribution in [0, 0.1) is 28.2 Å². The Kier molecular flexibility index (Phi) is 55.4. The SMILES string of the molecule is Brc1ccccc1.Brc1ccccc1.Brc1ccccc1.Clc1ccccc1.Clc1ccccc1.Clc1ccccc1.Fc1ccccc1.Fc1ccccc1.Fc1ccccc1.Ic1ccccc1.Ic1ccccc1.Ic1ccccc1.c1ccccc1. The van der Waals surface area contributed by atoms with E-state index in [0.29, 0.717) is 0 Å². The lowest BCUT2D eigenvalue weighted by Crippen LogP contribution is -1.63. The molecule has 0 saturated carbocycles. The smallest absolute Gasteiger partial charge is 0.123 e. The maximum Gasteiger partial charge on any atom is 0.123 e. The van der Waals surface area contributed by atoms with E-state index in [1.807, 2.05) is 273 Å². The van der Waals surface area contributed by atoms with Crippen LogP contribution in [-0.4, -0.2) is 0 Å². The molecular formula is C78H66Br3Cl3F3I3. The number of hydrogen-bond acceptors (Lipinski definition) is 0. The summed E-state index contributed by atoms with van der Waals surface area (Å²) in [7, 11) is 0. The van der Waals surface area contributed by atoms with Crippen LogP contribution in [0.2, 0.25) is 15.1 Å². The highest BCUT2D eigenvalue weighted by atomic mass is 127. The van der Waals surface area contributed by atoms with Gasteiger partial charge < -0.3 is 0 Å². The summed E-state index contributed by atoms with van der Waals surface area (Å²) in [6.45, 7) is 0. The van der Waals surface area contributed by atoms with Gasteiger partial charge in [0.15, 0.2) is 0 Å². The molecule has 0 saturated heterocycles. The van der Waals surface area contributed by atoms with Crippen molar-refractivity contribution in [2.75, 3.05) is 0 Å². The van der Waals surface area contributed by atoms with E-state index in [2.05, 4.69) is 152 Å². The van der Waals surface area contributed by atoms with Gasteiger partial charge in [-0.05, 0) is 213 Å². The molecule has 0 nitrogen and oxygen atoms in total. The molecule has 0 aliphatic carbocycles. The molecule has 0 unspecified atom stereocenters. The van der Waals surface area contributed by atoms with Gasteiger partial charge in [0, 0.05) is 39.2 Å². The van der Waals surface area contributed by atoms with Crippen molar-refractivity contribution < 1.29 is 13.2 Å². The van der Waals surface area contributed by atoms with Crippen LogP contribution in [0.15, 0.2) is 414 Å². The zero-order valence-electron chi connectivity index (χ0n) is 48.6. The van der Waals surface area contributed by atoms with Crippen LogP contribution in [0.4, 0.5) is 13.2 Å². The molecule has 0 amide bonds. The third kappa shape index (κ3) is 58.5. The molecule has 0 N–H and O–H groups in total. The number of rotatable bonds is 0. The minimum absolute atomic E-state index is 0.178. The lowest BCUT2D eigenvalue weighted by Gasteiger charge is -1.80. The fourth-order valence-electron chi connectivity index (χ4n) is 5.36. The standard InChI is InChI=1S/3C6H5Br.3C6H5Cl.3C6H5F.3C6H5I.C6H6/c12*7-6-4-2-1-3-5-6;1-2-4-6-5-3-1/h12*1-5H;1-6H. The van der Waals surface area contributed by atoms with E-state index in [1.165, 1.54) is 47.1 Å². The molecule has 13 aromatic carbocycles. The summed E-state index contributed by atoms with van der Waals surface area (Å²) in [4.78, 5) is 0. The Morgan fingerprint density at radius 2 is 0.289 bits per heavy atom. The summed E-state index contributed by atoms with van der Waals surface area (Å²) in [5.41, 5.74) is 0. The quantitative estimate of drug-likeness (QED) is 0.133. The molecule has 0 radical (unpaired) electrons. The van der Waals surface area contributed by atoms with Gasteiger partial charge in [-0.2, -0.15) is 0 Å². The minimum Gasteiger partial charge on any atom is -0.207 e. The van der Waals surface area contributed by atoms with Crippen molar-refractivity contribution in [3.05, 3.63) is 457 Å². The highest BCUT2D eigenvalue weighted by molar-refractivity contribution is 14.1. The summed E-state index contributed by atoms with van der Waals surface area (Å²) in [5, 5.41) is 2.38. The first kappa shape index (κ1) is 82.2. The van der Waals surface area contributed by atoms with Crippen molar-refractivity contribution in [3.63, 3.8) is 0 Å². The van der Waals surface area contributed by atoms with Crippen LogP contribution in [0.1, 0.15) is 0 Å². The topological polar surface area (TPSA) is 0 Å². The minimum atomic E-state index is -0.178. The Balaban J connectivity index is 0.000000488. The van der Waals surface area contributed by atoms with Gasteiger partial charge in [-0.1, -0.05) is 337 Å². The van der Waals surface area contributed by atoms with Gasteiger partial charge in [0.25, 0.3) is 0 Å². The van der Waals surface area contributed by atoms with Crippen LogP contribution in [0.25, 0.3) is 0 Å². The summed E-state index contributed by atoms with van der Waals surface area (Å²) >= 11 is 33.4. The molecule has 12 heteroatoms. The van der Waals surface area contributed by atoms with Gasteiger partial charge in [0.05, 0.1) is 0 Å². The molecule has 462 valence electrons. The van der Waals surface area contributed by atoms with Crippen molar-refractivity contribution >= 4 is 150 Å². The first-order valence-electron chi connectivity index (χ1n) is 27.2. The fraction of sp³-hybridized carbons (Fsp3) is 0. The zero-order chi connectivity index (χ0) is 65.6. The maximum absolute atomic E-state index is 11.9. The predicted octanol–water partition coefficient (Wildman–Crippen LogP) is 28.4. The second-order valence-corrected chi connectivity index (χ2v) is 24.5. The van der Waals surface area contributed by atoms with Crippen LogP contribution >= 0.6 is 150 Å². The van der Waals surface area contributed by atoms with Gasteiger partial charge in [-0.3, -0.25) is 0 Å². The second kappa shape index (κ2) is 60.7. The van der Waals surface area contributed by atoms with E-state index >= 15 is 0 Å². The van der Waals surface area contributed by atoms with Gasteiger partial charge in [-0.25, -0.2) is 13.2 Å². The molecule has 0 bridgehead atoms. The molecule has 0 aliphatic heterocycles. The molecule has 0 atom stereocenters. The Labute approximate surface area is 613 Å². The van der Waals surface area contributed by atoms with Crippen molar-refractivity contribution in [1.82, 2.24) is 0 Å². The van der Waals surface area contributed by atoms with Gasteiger partial charge >= 0.3 is 0 Å². The Hall–Kier alpha value is -5.85. The van der Waals surface area contributed by atoms with Crippen LogP contribution in [-0.2, 0) is 0 Å². The number of benzene rings is 13. The van der Waals surface area contributed by atoms with E-state index in [-0.39, 0.29) is 17.5 Å². The van der Waals surface area contributed by atoms with E-state index in [0.717, 1.165) is 28.5 Å². The van der Waals surface area contributed by atoms with Crippen LogP contribution in [0.3, 0.4) is 0 Å². The molecule has 13 rings (SSSR count). The molecule has 90 heavy (non-hydrogen) atoms. The highest BCUT2D eigenvalue weighted by Gasteiger charge is 1.82. The first-order valence-corrected chi connectivity index (χ1v) is 33.9. The van der Waals surface area contributed by atoms with Crippen LogP contribution in [0.5, 0.6) is 0 Å². The summed E-state index contributed by atoms with van der Waals surface area (Å²) in [6, 6.07) is 125. The Morgan fingerprint density at radius 1 is 0.178 bits per heavy atom. The first-order chi connectivity index (χ1) is 43.7. The number of halogens is 12. The van der Waals surface area contributed by atoms with E-state index < -0.39 is 0 Å². The van der Waals surface area contributed by atoms with E-state index in [4.69, 9.17) is 34.8 Å². The highest BCUT2D eigenvalue weighted by Crippen LogP contribution is 2.09. The molecule has 0 spiro atoms. The molecule has 0 aliphatic rings. The van der Waals surface area contributed by atoms with Crippen molar-refractivity contribution in [2.24, 2.45) is 0 Å². The van der Waals surface area contributed by atoms with Gasteiger partial charge in [0.2, 0.25) is 0 Å². The summed E-state index contributed by atoms with van der Waals surface area (Å²) < 4.78 is 43.0. The van der Waals surface area contributed by atoms with Gasteiger partial charge in [0.1, 0.15) is 17.5 Å². The third-order valence-corrected chi connectivity index (χ3v) is 14.0. The zero-order valence-corrected chi connectivity index (χ0v) is 62.1. The lowest BCUT2D eigenvalue weighted by atomic mass is 10.4. The van der Waals surface area contributed by atoms with Crippen molar-refractivity contribution in [2.45, 2.75) is 0 Å².